The summed E-state index contributed by atoms with van der Waals surface area (Å²) in [4.78, 5) is 10.7. The Balaban J connectivity index is 3.15. The van der Waals surface area contributed by atoms with Crippen LogP contribution in [-0.4, -0.2) is 18.3 Å². The van der Waals surface area contributed by atoms with Crippen molar-refractivity contribution in [2.45, 2.75) is 4.90 Å². The molecule has 0 aliphatic carbocycles. The molecule has 1 aromatic rings. The van der Waals surface area contributed by atoms with Crippen molar-refractivity contribution in [2.24, 2.45) is 0 Å². The first-order chi connectivity index (χ1) is 6.19. The average molecular weight is 199 g/mol. The van der Waals surface area contributed by atoms with E-state index in [0.717, 1.165) is 0 Å². The van der Waals surface area contributed by atoms with E-state index in [2.05, 4.69) is 0 Å². The summed E-state index contributed by atoms with van der Waals surface area (Å²) in [5.74, 6) is 0.634. The highest BCUT2D eigenvalue weighted by molar-refractivity contribution is 7.98. The maximum atomic E-state index is 10.5. The van der Waals surface area contributed by atoms with Crippen molar-refractivity contribution < 1.29 is 9.66 Å². The van der Waals surface area contributed by atoms with Gasteiger partial charge in [-0.1, -0.05) is 0 Å². The molecule has 0 atom stereocenters. The van der Waals surface area contributed by atoms with Gasteiger partial charge in [0.05, 0.1) is 16.9 Å². The molecule has 0 amide bonds. The number of nitro benzene ring substituents is 1. The Kier molecular flexibility index (Phi) is 3.13. The minimum absolute atomic E-state index is 0.119. The van der Waals surface area contributed by atoms with Gasteiger partial charge in [0.15, 0.2) is 0 Å². The molecule has 1 aromatic carbocycles. The Labute approximate surface area is 80.1 Å². The number of thioether (sulfide) groups is 1. The van der Waals surface area contributed by atoms with E-state index in [1.807, 2.05) is 0 Å². The molecule has 4 nitrogen and oxygen atoms in total. The molecule has 0 N–H and O–H groups in total. The Morgan fingerprint density at radius 2 is 2.23 bits per heavy atom. The van der Waals surface area contributed by atoms with Crippen molar-refractivity contribution in [1.82, 2.24) is 0 Å². The van der Waals surface area contributed by atoms with Crippen LogP contribution in [0, 0.1) is 10.1 Å². The van der Waals surface area contributed by atoms with E-state index in [1.165, 1.54) is 24.9 Å². The molecule has 70 valence electrons. The molecule has 0 saturated carbocycles. The first-order valence-electron chi connectivity index (χ1n) is 3.55. The molecule has 0 spiro atoms. The number of hydrogen-bond acceptors (Lipinski definition) is 4. The Bertz CT molecular complexity index is 327. The monoisotopic (exact) mass is 199 g/mol. The largest absolute Gasteiger partial charge is 0.497 e. The summed E-state index contributed by atoms with van der Waals surface area (Å²) >= 11 is 1.33. The predicted octanol–water partition coefficient (Wildman–Crippen LogP) is 2.33. The zero-order valence-corrected chi connectivity index (χ0v) is 8.13. The fraction of sp³-hybridized carbons (Fsp3) is 0.250. The van der Waals surface area contributed by atoms with E-state index >= 15 is 0 Å². The minimum atomic E-state index is -0.398. The van der Waals surface area contributed by atoms with Gasteiger partial charge in [-0.2, -0.15) is 0 Å². The summed E-state index contributed by atoms with van der Waals surface area (Å²) in [5.41, 5.74) is 0.119. The molecule has 0 heterocycles. The van der Waals surface area contributed by atoms with Crippen molar-refractivity contribution in [1.29, 1.82) is 0 Å². The molecule has 0 fully saturated rings. The van der Waals surface area contributed by atoms with Gasteiger partial charge in [0.1, 0.15) is 5.75 Å². The van der Waals surface area contributed by atoms with E-state index in [9.17, 15) is 10.1 Å². The molecule has 0 saturated heterocycles. The molecule has 0 unspecified atom stereocenters. The number of nitrogens with zero attached hydrogens (tertiary/aromatic N) is 1. The zero-order chi connectivity index (χ0) is 9.84. The van der Waals surface area contributed by atoms with Gasteiger partial charge in [-0.15, -0.1) is 11.8 Å². The van der Waals surface area contributed by atoms with Crippen LogP contribution < -0.4 is 4.74 Å². The molecular weight excluding hydrogens is 190 g/mol. The number of rotatable bonds is 3. The fourth-order valence-corrected chi connectivity index (χ4v) is 1.52. The number of nitro groups is 1. The predicted molar refractivity (Wildman–Crippen MR) is 51.4 cm³/mol. The molecule has 0 bridgehead atoms. The van der Waals surface area contributed by atoms with Crippen LogP contribution in [0.25, 0.3) is 0 Å². The summed E-state index contributed by atoms with van der Waals surface area (Å²) in [6, 6.07) is 4.69. The van der Waals surface area contributed by atoms with Crippen molar-refractivity contribution >= 4 is 17.4 Å². The topological polar surface area (TPSA) is 52.4 Å². The number of hydrogen-bond donors (Lipinski definition) is 0. The van der Waals surface area contributed by atoms with E-state index in [4.69, 9.17) is 4.74 Å². The van der Waals surface area contributed by atoms with Gasteiger partial charge < -0.3 is 4.74 Å². The van der Waals surface area contributed by atoms with Gasteiger partial charge in [-0.25, -0.2) is 0 Å². The lowest BCUT2D eigenvalue weighted by Crippen LogP contribution is -1.91. The van der Waals surface area contributed by atoms with Crippen molar-refractivity contribution in [3.8, 4) is 5.75 Å². The SMILES string of the molecule is COc1ccc([N+](=O)[O-])c(SC)c1. The van der Waals surface area contributed by atoms with Crippen molar-refractivity contribution in [2.75, 3.05) is 13.4 Å². The van der Waals surface area contributed by atoms with Crippen LogP contribution in [0.15, 0.2) is 23.1 Å². The van der Waals surface area contributed by atoms with Gasteiger partial charge in [-0.3, -0.25) is 10.1 Å². The molecule has 0 aliphatic rings. The quantitative estimate of drug-likeness (QED) is 0.426. The molecule has 1 rings (SSSR count). The third-order valence-electron chi connectivity index (χ3n) is 1.58. The van der Waals surface area contributed by atoms with Crippen LogP contribution in [0.4, 0.5) is 5.69 Å². The third kappa shape index (κ3) is 2.12. The second kappa shape index (κ2) is 4.13. The van der Waals surface area contributed by atoms with E-state index in [-0.39, 0.29) is 5.69 Å². The van der Waals surface area contributed by atoms with Crippen LogP contribution >= 0.6 is 11.8 Å². The van der Waals surface area contributed by atoms with Crippen LogP contribution in [0.2, 0.25) is 0 Å². The molecule has 5 heteroatoms. The van der Waals surface area contributed by atoms with Gasteiger partial charge in [-0.05, 0) is 12.3 Å². The Hall–Kier alpha value is -1.23. The first-order valence-corrected chi connectivity index (χ1v) is 4.78. The normalized spacial score (nSPS) is 9.69. The highest BCUT2D eigenvalue weighted by atomic mass is 32.2. The molecular formula is C8H9NO3S. The van der Waals surface area contributed by atoms with Crippen LogP contribution in [0.5, 0.6) is 5.75 Å². The Morgan fingerprint density at radius 3 is 2.69 bits per heavy atom. The number of methoxy groups -OCH3 is 1. The van der Waals surface area contributed by atoms with Gasteiger partial charge in [0, 0.05) is 12.1 Å². The van der Waals surface area contributed by atoms with Crippen LogP contribution in [0.1, 0.15) is 0 Å². The number of ether oxygens (including phenoxy) is 1. The smallest absolute Gasteiger partial charge is 0.283 e. The summed E-state index contributed by atoms with van der Waals surface area (Å²) in [6.45, 7) is 0. The lowest BCUT2D eigenvalue weighted by Gasteiger charge is -2.02. The third-order valence-corrected chi connectivity index (χ3v) is 2.35. The maximum absolute atomic E-state index is 10.5. The molecule has 0 aliphatic heterocycles. The molecule has 0 radical (unpaired) electrons. The molecule has 0 aromatic heterocycles. The summed E-state index contributed by atoms with van der Waals surface area (Å²) in [7, 11) is 1.53. The zero-order valence-electron chi connectivity index (χ0n) is 7.31. The van der Waals surface area contributed by atoms with Crippen molar-refractivity contribution in [3.63, 3.8) is 0 Å². The first kappa shape index (κ1) is 9.85. The lowest BCUT2D eigenvalue weighted by molar-refractivity contribution is -0.387. The van der Waals surface area contributed by atoms with Crippen LogP contribution in [0.3, 0.4) is 0 Å². The Morgan fingerprint density at radius 1 is 1.54 bits per heavy atom. The van der Waals surface area contributed by atoms with Gasteiger partial charge in [0.2, 0.25) is 0 Å². The van der Waals surface area contributed by atoms with Gasteiger partial charge >= 0.3 is 0 Å². The fourth-order valence-electron chi connectivity index (χ4n) is 0.936. The highest BCUT2D eigenvalue weighted by Crippen LogP contribution is 2.30. The standard InChI is InChI=1S/C8H9NO3S/c1-12-6-3-4-7(9(10)11)8(5-6)13-2/h3-5H,1-2H3. The second-order valence-electron chi connectivity index (χ2n) is 2.29. The van der Waals surface area contributed by atoms with Gasteiger partial charge in [0.25, 0.3) is 5.69 Å². The average Bonchev–Trinajstić information content (AvgIpc) is 2.16. The second-order valence-corrected chi connectivity index (χ2v) is 3.14. The van der Waals surface area contributed by atoms with E-state index < -0.39 is 4.92 Å². The highest BCUT2D eigenvalue weighted by Gasteiger charge is 2.12. The lowest BCUT2D eigenvalue weighted by atomic mass is 10.3. The minimum Gasteiger partial charge on any atom is -0.497 e. The summed E-state index contributed by atoms with van der Waals surface area (Å²) < 4.78 is 4.96. The number of benzene rings is 1. The van der Waals surface area contributed by atoms with Crippen LogP contribution in [-0.2, 0) is 0 Å². The van der Waals surface area contributed by atoms with Crippen molar-refractivity contribution in [3.05, 3.63) is 28.3 Å². The summed E-state index contributed by atoms with van der Waals surface area (Å²) in [5, 5.41) is 10.5. The van der Waals surface area contributed by atoms with E-state index in [1.54, 1.807) is 18.4 Å². The summed E-state index contributed by atoms with van der Waals surface area (Å²) in [6.07, 6.45) is 1.79. The molecule has 13 heavy (non-hydrogen) atoms. The maximum Gasteiger partial charge on any atom is 0.283 e. The van der Waals surface area contributed by atoms with E-state index in [0.29, 0.717) is 10.6 Å².